The highest BCUT2D eigenvalue weighted by Crippen LogP contribution is 2.24. The van der Waals surface area contributed by atoms with Crippen molar-refractivity contribution in [3.8, 4) is 0 Å². The van der Waals surface area contributed by atoms with Gasteiger partial charge in [0.05, 0.1) is 16.3 Å². The predicted octanol–water partition coefficient (Wildman–Crippen LogP) is 2.61. The van der Waals surface area contributed by atoms with E-state index in [4.69, 9.17) is 22.1 Å². The summed E-state index contributed by atoms with van der Waals surface area (Å²) in [5.74, 6) is -0.121. The molecule has 0 bridgehead atoms. The van der Waals surface area contributed by atoms with Crippen LogP contribution >= 0.6 is 11.6 Å². The summed E-state index contributed by atoms with van der Waals surface area (Å²) in [6, 6.07) is 5.05. The van der Waals surface area contributed by atoms with E-state index < -0.39 is 0 Å². The molecule has 1 heterocycles. The molecule has 1 saturated heterocycles. The Labute approximate surface area is 118 Å². The van der Waals surface area contributed by atoms with Gasteiger partial charge in [0, 0.05) is 18.2 Å². The Morgan fingerprint density at radius 2 is 2.26 bits per heavy atom. The molecule has 1 atom stereocenters. The van der Waals surface area contributed by atoms with Gasteiger partial charge in [0.15, 0.2) is 0 Å². The van der Waals surface area contributed by atoms with Crippen molar-refractivity contribution in [2.24, 2.45) is 0 Å². The van der Waals surface area contributed by atoms with Crippen LogP contribution in [-0.2, 0) is 4.74 Å². The van der Waals surface area contributed by atoms with Crippen LogP contribution in [0.1, 0.15) is 37.0 Å². The van der Waals surface area contributed by atoms with Crippen molar-refractivity contribution in [3.63, 3.8) is 0 Å². The minimum absolute atomic E-state index is 0.121. The largest absolute Gasteiger partial charge is 0.398 e. The van der Waals surface area contributed by atoms with Gasteiger partial charge in [0.2, 0.25) is 0 Å². The number of carbonyl (C=O) groups is 1. The van der Waals surface area contributed by atoms with Gasteiger partial charge in [-0.2, -0.15) is 0 Å². The number of anilines is 1. The lowest BCUT2D eigenvalue weighted by Crippen LogP contribution is -2.45. The van der Waals surface area contributed by atoms with Crippen molar-refractivity contribution in [3.05, 3.63) is 28.8 Å². The fourth-order valence-corrected chi connectivity index (χ4v) is 2.47. The highest BCUT2D eigenvalue weighted by molar-refractivity contribution is 6.33. The molecule has 1 aliphatic heterocycles. The van der Waals surface area contributed by atoms with Gasteiger partial charge in [-0.25, -0.2) is 0 Å². The van der Waals surface area contributed by atoms with Gasteiger partial charge in [-0.1, -0.05) is 11.6 Å². The van der Waals surface area contributed by atoms with Crippen LogP contribution in [0.3, 0.4) is 0 Å². The fraction of sp³-hybridized carbons (Fsp3) is 0.500. The van der Waals surface area contributed by atoms with Crippen molar-refractivity contribution in [1.82, 2.24) is 5.32 Å². The monoisotopic (exact) mass is 282 g/mol. The Hall–Kier alpha value is -1.26. The average molecular weight is 283 g/mol. The molecule has 0 aliphatic carbocycles. The van der Waals surface area contributed by atoms with Crippen LogP contribution in [0.4, 0.5) is 5.69 Å². The highest BCUT2D eigenvalue weighted by Gasteiger charge is 2.29. The lowest BCUT2D eigenvalue weighted by atomic mass is 9.94. The zero-order valence-corrected chi connectivity index (χ0v) is 12.0. The van der Waals surface area contributed by atoms with Gasteiger partial charge >= 0.3 is 0 Å². The number of rotatable bonds is 2. The molecule has 0 radical (unpaired) electrons. The van der Waals surface area contributed by atoms with E-state index in [-0.39, 0.29) is 17.6 Å². The fourth-order valence-electron chi connectivity index (χ4n) is 2.29. The molecule has 3 N–H and O–H groups in total. The molecule has 0 spiro atoms. The van der Waals surface area contributed by atoms with Crippen LogP contribution in [0, 0.1) is 0 Å². The number of nitrogens with two attached hydrogens (primary N) is 1. The lowest BCUT2D eigenvalue weighted by Gasteiger charge is -2.35. The summed E-state index contributed by atoms with van der Waals surface area (Å²) in [6.45, 7) is 4.73. The van der Waals surface area contributed by atoms with Gasteiger partial charge < -0.3 is 15.8 Å². The normalized spacial score (nSPS) is 21.9. The summed E-state index contributed by atoms with van der Waals surface area (Å²) < 4.78 is 5.63. The second-order valence-corrected chi connectivity index (χ2v) is 5.91. The number of ether oxygens (including phenoxy) is 1. The van der Waals surface area contributed by atoms with Crippen molar-refractivity contribution in [2.75, 3.05) is 12.3 Å². The first-order valence-electron chi connectivity index (χ1n) is 6.37. The van der Waals surface area contributed by atoms with Gasteiger partial charge in [0.1, 0.15) is 0 Å². The van der Waals surface area contributed by atoms with Crippen molar-refractivity contribution >= 4 is 23.2 Å². The first kappa shape index (κ1) is 14.2. The van der Waals surface area contributed by atoms with Gasteiger partial charge in [-0.05, 0) is 44.9 Å². The molecule has 4 nitrogen and oxygen atoms in total. The molecule has 0 saturated carbocycles. The Balaban J connectivity index is 2.02. The average Bonchev–Trinajstić information content (AvgIpc) is 2.31. The summed E-state index contributed by atoms with van der Waals surface area (Å²) in [4.78, 5) is 12.1. The van der Waals surface area contributed by atoms with Crippen molar-refractivity contribution < 1.29 is 9.53 Å². The van der Waals surface area contributed by atoms with Gasteiger partial charge in [0.25, 0.3) is 5.91 Å². The van der Waals surface area contributed by atoms with Crippen LogP contribution in [0.5, 0.6) is 0 Å². The Bertz CT molecular complexity index is 488. The molecule has 104 valence electrons. The van der Waals surface area contributed by atoms with E-state index in [1.807, 2.05) is 13.8 Å². The quantitative estimate of drug-likeness (QED) is 0.820. The maximum Gasteiger partial charge on any atom is 0.251 e. The summed E-state index contributed by atoms with van der Waals surface area (Å²) in [5.41, 5.74) is 6.45. The summed E-state index contributed by atoms with van der Waals surface area (Å²) in [5, 5.41) is 3.42. The second-order valence-electron chi connectivity index (χ2n) is 5.51. The predicted molar refractivity (Wildman–Crippen MR) is 76.4 cm³/mol. The maximum atomic E-state index is 12.1. The van der Waals surface area contributed by atoms with Gasteiger partial charge in [-0.15, -0.1) is 0 Å². The highest BCUT2D eigenvalue weighted by atomic mass is 35.5. The Morgan fingerprint density at radius 1 is 1.53 bits per heavy atom. The summed E-state index contributed by atoms with van der Waals surface area (Å²) >= 11 is 5.92. The van der Waals surface area contributed by atoms with Crippen LogP contribution in [0.25, 0.3) is 0 Å². The third kappa shape index (κ3) is 3.61. The van der Waals surface area contributed by atoms with E-state index in [9.17, 15) is 4.79 Å². The lowest BCUT2D eigenvalue weighted by molar-refractivity contribution is -0.0615. The first-order chi connectivity index (χ1) is 8.87. The van der Waals surface area contributed by atoms with Crippen molar-refractivity contribution in [2.45, 2.75) is 38.3 Å². The molecule has 5 heteroatoms. The molecule has 0 aromatic heterocycles. The third-order valence-corrected chi connectivity index (χ3v) is 3.62. The molecule has 19 heavy (non-hydrogen) atoms. The van der Waals surface area contributed by atoms with Crippen LogP contribution in [-0.4, -0.2) is 24.2 Å². The first-order valence-corrected chi connectivity index (χ1v) is 6.75. The molecule has 1 aliphatic rings. The smallest absolute Gasteiger partial charge is 0.251 e. The standard InChI is InChI=1S/C14H19ClN2O2/c1-14(2)8-10(5-6-19-14)17-13(18)9-3-4-12(16)11(15)7-9/h3-4,7,10H,5-6,8,16H2,1-2H3,(H,17,18). The van der Waals surface area contributed by atoms with Gasteiger partial charge in [-0.3, -0.25) is 4.79 Å². The zero-order valence-electron chi connectivity index (χ0n) is 11.2. The molecule has 1 amide bonds. The minimum atomic E-state index is -0.186. The van der Waals surface area contributed by atoms with Crippen LogP contribution in [0.2, 0.25) is 5.02 Å². The molecule has 1 aromatic carbocycles. The van der Waals surface area contributed by atoms with E-state index in [2.05, 4.69) is 5.32 Å². The molecule has 1 unspecified atom stereocenters. The summed E-state index contributed by atoms with van der Waals surface area (Å²) in [7, 11) is 0. The molecule has 1 aromatic rings. The Kier molecular flexibility index (Phi) is 4.02. The summed E-state index contributed by atoms with van der Waals surface area (Å²) in [6.07, 6.45) is 1.64. The van der Waals surface area contributed by atoms with Crippen LogP contribution < -0.4 is 11.1 Å². The number of halogens is 1. The molecular formula is C14H19ClN2O2. The van der Waals surface area contributed by atoms with Crippen LogP contribution in [0.15, 0.2) is 18.2 Å². The topological polar surface area (TPSA) is 64.4 Å². The van der Waals surface area contributed by atoms with E-state index in [0.717, 1.165) is 12.8 Å². The van der Waals surface area contributed by atoms with E-state index in [1.54, 1.807) is 18.2 Å². The number of amides is 1. The Morgan fingerprint density at radius 3 is 2.89 bits per heavy atom. The van der Waals surface area contributed by atoms with E-state index >= 15 is 0 Å². The molecular weight excluding hydrogens is 264 g/mol. The number of nitrogens with one attached hydrogen (secondary N) is 1. The number of nitrogen functional groups attached to an aromatic ring is 1. The maximum absolute atomic E-state index is 12.1. The minimum Gasteiger partial charge on any atom is -0.398 e. The third-order valence-electron chi connectivity index (χ3n) is 3.29. The molecule has 1 fully saturated rings. The number of carbonyl (C=O) groups excluding carboxylic acids is 1. The van der Waals surface area contributed by atoms with Crippen molar-refractivity contribution in [1.29, 1.82) is 0 Å². The van der Waals surface area contributed by atoms with E-state index in [0.29, 0.717) is 22.9 Å². The second kappa shape index (κ2) is 5.39. The zero-order chi connectivity index (χ0) is 14.0. The SMILES string of the molecule is CC1(C)CC(NC(=O)c2ccc(N)c(Cl)c2)CCO1. The number of hydrogen-bond acceptors (Lipinski definition) is 3. The number of hydrogen-bond donors (Lipinski definition) is 2. The number of benzene rings is 1. The van der Waals surface area contributed by atoms with E-state index in [1.165, 1.54) is 0 Å². The molecule has 2 rings (SSSR count).